The molecule has 0 rings (SSSR count). The van der Waals surface area contributed by atoms with Gasteiger partial charge >= 0.3 is 29.6 Å². The van der Waals surface area contributed by atoms with Crippen molar-refractivity contribution in [3.63, 3.8) is 0 Å². The van der Waals surface area contributed by atoms with Gasteiger partial charge in [-0.05, 0) is 6.42 Å². The molecule has 0 spiro atoms. The molecule has 0 atom stereocenters. The molecule has 1 N–H and O–H groups in total. The summed E-state index contributed by atoms with van der Waals surface area (Å²) in [5, 5.41) is 8.05. The van der Waals surface area contributed by atoms with Gasteiger partial charge in [0.15, 0.2) is 0 Å². The van der Waals surface area contributed by atoms with Gasteiger partial charge in [0.25, 0.3) is 10.1 Å². The van der Waals surface area contributed by atoms with E-state index < -0.39 is 10.1 Å². The van der Waals surface area contributed by atoms with Crippen LogP contribution in [0.2, 0.25) is 0 Å². The van der Waals surface area contributed by atoms with Crippen molar-refractivity contribution in [2.45, 2.75) is 71.1 Å². The summed E-state index contributed by atoms with van der Waals surface area (Å²) in [6.07, 6.45) is 11.5. The molecule has 4 nitrogen and oxygen atoms in total. The third-order valence-corrected chi connectivity index (χ3v) is 3.88. The Bertz CT molecular complexity index is 260. The van der Waals surface area contributed by atoms with E-state index in [9.17, 15) is 8.42 Å². The topological polar surface area (TPSA) is 63.6 Å². The molecular formula is C12H27NaO4S. The quantitative estimate of drug-likeness (QED) is 0.250. The maximum absolute atomic E-state index is 10.8. The first-order valence-corrected chi connectivity index (χ1v) is 8.26. The molecule has 0 saturated carbocycles. The Morgan fingerprint density at radius 3 is 1.67 bits per heavy atom. The molecule has 0 aromatic carbocycles. The van der Waals surface area contributed by atoms with E-state index in [4.69, 9.17) is 5.26 Å². The first-order valence-electron chi connectivity index (χ1n) is 6.68. The molecule has 0 fully saturated rings. The van der Waals surface area contributed by atoms with Crippen LogP contribution in [0, 0.1) is 0 Å². The minimum atomic E-state index is -3.67. The van der Waals surface area contributed by atoms with Crippen LogP contribution in [-0.2, 0) is 14.5 Å². The predicted octanol–water partition coefficient (Wildman–Crippen LogP) is 0.843. The van der Waals surface area contributed by atoms with Crippen molar-refractivity contribution >= 4 is 10.1 Å². The number of unbranched alkanes of at least 4 members (excludes halogenated alkanes) is 9. The second kappa shape index (κ2) is 14.3. The van der Waals surface area contributed by atoms with Crippen LogP contribution >= 0.6 is 0 Å². The largest absolute Gasteiger partial charge is 1.00 e. The standard InChI is InChI=1S/C12H26O4S.Na.H/c1-2-3-4-5-6-7-8-9-10-11-12-17(14,15)16-13;;/h13H,2-12H2,1H3;;/q;+1;-1. The maximum atomic E-state index is 10.8. The summed E-state index contributed by atoms with van der Waals surface area (Å²) in [5.74, 6) is -0.0833. The molecule has 0 saturated heterocycles. The van der Waals surface area contributed by atoms with Crippen LogP contribution in [0.15, 0.2) is 0 Å². The Kier molecular flexibility index (Phi) is 16.8. The molecule has 0 aromatic heterocycles. The Morgan fingerprint density at radius 2 is 1.28 bits per heavy atom. The summed E-state index contributed by atoms with van der Waals surface area (Å²) in [7, 11) is -3.67. The van der Waals surface area contributed by atoms with Crippen molar-refractivity contribution < 1.29 is 49.0 Å². The van der Waals surface area contributed by atoms with Gasteiger partial charge in [-0.3, -0.25) is 0 Å². The van der Waals surface area contributed by atoms with Crippen molar-refractivity contribution in [1.29, 1.82) is 0 Å². The Morgan fingerprint density at radius 1 is 0.889 bits per heavy atom. The smallest absolute Gasteiger partial charge is 1.00 e. The van der Waals surface area contributed by atoms with E-state index >= 15 is 0 Å². The third-order valence-electron chi connectivity index (χ3n) is 2.86. The average molecular weight is 290 g/mol. The van der Waals surface area contributed by atoms with Crippen molar-refractivity contribution in [1.82, 2.24) is 0 Å². The molecule has 0 aliphatic rings. The van der Waals surface area contributed by atoms with Gasteiger partial charge in [0.05, 0.1) is 5.75 Å². The van der Waals surface area contributed by atoms with Crippen LogP contribution in [0.3, 0.4) is 0 Å². The zero-order chi connectivity index (χ0) is 13.0. The molecule has 0 radical (unpaired) electrons. The Hall–Kier alpha value is 0.870. The minimum Gasteiger partial charge on any atom is -1.00 e. The molecule has 6 heteroatoms. The van der Waals surface area contributed by atoms with E-state index in [0.717, 1.165) is 12.8 Å². The van der Waals surface area contributed by atoms with E-state index in [0.29, 0.717) is 6.42 Å². The van der Waals surface area contributed by atoms with Crippen LogP contribution < -0.4 is 29.6 Å². The first kappa shape index (κ1) is 21.2. The Labute approximate surface area is 135 Å². The van der Waals surface area contributed by atoms with Crippen molar-refractivity contribution in [3.8, 4) is 0 Å². The monoisotopic (exact) mass is 290 g/mol. The summed E-state index contributed by atoms with van der Waals surface area (Å²) in [6, 6.07) is 0. The molecular weight excluding hydrogens is 263 g/mol. The number of hydrogen-bond donors (Lipinski definition) is 1. The van der Waals surface area contributed by atoms with Gasteiger partial charge in [0, 0.05) is 0 Å². The van der Waals surface area contributed by atoms with Gasteiger partial charge in [-0.15, -0.1) is 4.33 Å². The third kappa shape index (κ3) is 14.9. The number of rotatable bonds is 12. The second-order valence-corrected chi connectivity index (χ2v) is 6.19. The first-order chi connectivity index (χ1) is 8.12. The fraction of sp³-hybridized carbons (Fsp3) is 1.00. The predicted molar refractivity (Wildman–Crippen MR) is 70.5 cm³/mol. The molecule has 0 amide bonds. The molecule has 18 heavy (non-hydrogen) atoms. The second-order valence-electron chi connectivity index (χ2n) is 4.52. The van der Waals surface area contributed by atoms with Gasteiger partial charge in [-0.1, -0.05) is 64.7 Å². The minimum absolute atomic E-state index is 0. The Balaban J connectivity index is -0.00000128. The summed E-state index contributed by atoms with van der Waals surface area (Å²) < 4.78 is 24.9. The van der Waals surface area contributed by atoms with Crippen molar-refractivity contribution in [3.05, 3.63) is 0 Å². The van der Waals surface area contributed by atoms with Gasteiger partial charge in [0.1, 0.15) is 0 Å². The summed E-state index contributed by atoms with van der Waals surface area (Å²) in [6.45, 7) is 2.21. The zero-order valence-corrected chi connectivity index (χ0v) is 14.7. The van der Waals surface area contributed by atoms with Crippen molar-refractivity contribution in [2.75, 3.05) is 5.75 Å². The molecule has 0 unspecified atom stereocenters. The maximum Gasteiger partial charge on any atom is 1.00 e. The van der Waals surface area contributed by atoms with Crippen LogP contribution in [0.1, 0.15) is 72.6 Å². The van der Waals surface area contributed by atoms with E-state index in [1.165, 1.54) is 44.9 Å². The van der Waals surface area contributed by atoms with Crippen molar-refractivity contribution in [2.24, 2.45) is 0 Å². The van der Waals surface area contributed by atoms with E-state index in [-0.39, 0.29) is 36.7 Å². The molecule has 0 aromatic rings. The summed E-state index contributed by atoms with van der Waals surface area (Å²) >= 11 is 0. The van der Waals surface area contributed by atoms with Gasteiger partial charge < -0.3 is 1.43 Å². The van der Waals surface area contributed by atoms with Gasteiger partial charge in [-0.2, -0.15) is 8.42 Å². The summed E-state index contributed by atoms with van der Waals surface area (Å²) in [5.41, 5.74) is 0. The van der Waals surface area contributed by atoms with Gasteiger partial charge in [0.2, 0.25) is 0 Å². The molecule has 0 heterocycles. The molecule has 106 valence electrons. The van der Waals surface area contributed by atoms with Crippen LogP contribution in [-0.4, -0.2) is 19.4 Å². The van der Waals surface area contributed by atoms with E-state index in [1.54, 1.807) is 0 Å². The van der Waals surface area contributed by atoms with E-state index in [1.807, 2.05) is 0 Å². The fourth-order valence-electron chi connectivity index (χ4n) is 1.80. The SMILES string of the molecule is CCCCCCCCCCCCS(=O)(=O)OO.[H-].[Na+]. The van der Waals surface area contributed by atoms with Crippen LogP contribution in [0.25, 0.3) is 0 Å². The summed E-state index contributed by atoms with van der Waals surface area (Å²) in [4.78, 5) is 0. The average Bonchev–Trinajstić information content (AvgIpc) is 2.31. The molecule has 0 bridgehead atoms. The fourth-order valence-corrected chi connectivity index (χ4v) is 2.44. The molecule has 0 aliphatic carbocycles. The molecule has 0 aliphatic heterocycles. The number of hydrogen-bond acceptors (Lipinski definition) is 4. The van der Waals surface area contributed by atoms with E-state index in [2.05, 4.69) is 11.3 Å². The zero-order valence-electron chi connectivity index (χ0n) is 12.9. The van der Waals surface area contributed by atoms with Gasteiger partial charge in [-0.25, -0.2) is 5.26 Å². The normalized spacial score (nSPS) is 11.2. The van der Waals surface area contributed by atoms with Crippen LogP contribution in [0.4, 0.5) is 0 Å². The van der Waals surface area contributed by atoms with Crippen LogP contribution in [0.5, 0.6) is 0 Å².